The molecule has 0 radical (unpaired) electrons. The summed E-state index contributed by atoms with van der Waals surface area (Å²) in [6.07, 6.45) is 3.90. The molecule has 1 aromatic heterocycles. The van der Waals surface area contributed by atoms with Crippen LogP contribution in [0.4, 0.5) is 0 Å². The Kier molecular flexibility index (Phi) is 6.17. The summed E-state index contributed by atoms with van der Waals surface area (Å²) in [5, 5.41) is 10.4. The molecule has 10 heteroatoms. The number of fused-ring (bicyclic) bond motifs is 1. The van der Waals surface area contributed by atoms with Crippen molar-refractivity contribution in [1.29, 1.82) is 0 Å². The van der Waals surface area contributed by atoms with Crippen LogP contribution in [0.3, 0.4) is 0 Å². The Morgan fingerprint density at radius 1 is 1.22 bits per heavy atom. The van der Waals surface area contributed by atoms with Gasteiger partial charge in [0.05, 0.1) is 20.3 Å². The third-order valence-electron chi connectivity index (χ3n) is 6.72. The van der Waals surface area contributed by atoms with Crippen molar-refractivity contribution in [3.8, 4) is 17.2 Å². The molecule has 1 aliphatic heterocycles. The molecule has 36 heavy (non-hydrogen) atoms. The predicted octanol–water partition coefficient (Wildman–Crippen LogP) is 3.86. The van der Waals surface area contributed by atoms with Gasteiger partial charge in [0.1, 0.15) is 34.2 Å². The lowest BCUT2D eigenvalue weighted by Crippen LogP contribution is -2.55. The number of H-pyrrole nitrogens is 1. The van der Waals surface area contributed by atoms with E-state index in [2.05, 4.69) is 20.5 Å². The van der Waals surface area contributed by atoms with Gasteiger partial charge < -0.3 is 19.5 Å². The van der Waals surface area contributed by atoms with Gasteiger partial charge in [-0.3, -0.25) is 14.7 Å². The Balaban J connectivity index is 1.46. The molecular weight excluding hydrogens is 484 g/mol. The zero-order valence-electron chi connectivity index (χ0n) is 20.0. The maximum absolute atomic E-state index is 13.7. The number of hydrogen-bond acceptors (Lipinski definition) is 8. The Labute approximate surface area is 212 Å². The van der Waals surface area contributed by atoms with Crippen LogP contribution in [0.25, 0.3) is 0 Å². The van der Waals surface area contributed by atoms with E-state index >= 15 is 0 Å². The first-order chi connectivity index (χ1) is 17.4. The predicted molar refractivity (Wildman–Crippen MR) is 132 cm³/mol. The third-order valence-corrected chi connectivity index (χ3v) is 7.07. The van der Waals surface area contributed by atoms with Gasteiger partial charge in [0.15, 0.2) is 5.75 Å². The number of Topliss-reactive ketones (excluding diaryl/α,β-unsaturated/α-hetero) is 1. The number of ketones is 2. The van der Waals surface area contributed by atoms with Gasteiger partial charge in [-0.25, -0.2) is 4.98 Å². The lowest BCUT2D eigenvalue weighted by atomic mass is 9.74. The first-order valence-corrected chi connectivity index (χ1v) is 11.9. The van der Waals surface area contributed by atoms with Crippen molar-refractivity contribution in [3.05, 3.63) is 76.5 Å². The molecule has 0 fully saturated rings. The van der Waals surface area contributed by atoms with E-state index in [0.717, 1.165) is 5.56 Å². The van der Waals surface area contributed by atoms with E-state index in [4.69, 9.17) is 25.8 Å². The molecule has 3 atom stereocenters. The fourth-order valence-electron chi connectivity index (χ4n) is 4.90. The summed E-state index contributed by atoms with van der Waals surface area (Å²) >= 11 is 6.46. The van der Waals surface area contributed by atoms with E-state index in [0.29, 0.717) is 30.1 Å². The van der Waals surface area contributed by atoms with Gasteiger partial charge in [-0.1, -0.05) is 48.9 Å². The van der Waals surface area contributed by atoms with Gasteiger partial charge in [0.25, 0.3) is 0 Å². The van der Waals surface area contributed by atoms with Gasteiger partial charge in [-0.2, -0.15) is 5.10 Å². The minimum absolute atomic E-state index is 0.103. The number of ether oxygens (including phenoxy) is 3. The van der Waals surface area contributed by atoms with Crippen LogP contribution in [-0.4, -0.2) is 46.6 Å². The van der Waals surface area contributed by atoms with Crippen molar-refractivity contribution >= 4 is 23.2 Å². The van der Waals surface area contributed by atoms with Crippen LogP contribution < -0.4 is 19.5 Å². The first kappa shape index (κ1) is 23.9. The molecule has 0 bridgehead atoms. The molecule has 0 amide bonds. The molecule has 1 aliphatic carbocycles. The molecule has 2 N–H and O–H groups in total. The molecule has 1 spiro atoms. The van der Waals surface area contributed by atoms with Crippen molar-refractivity contribution in [2.24, 2.45) is 5.92 Å². The molecule has 186 valence electrons. The van der Waals surface area contributed by atoms with Gasteiger partial charge >= 0.3 is 0 Å². The van der Waals surface area contributed by atoms with Crippen LogP contribution in [0.15, 0.2) is 54.5 Å². The maximum atomic E-state index is 13.7. The van der Waals surface area contributed by atoms with Crippen LogP contribution in [0.2, 0.25) is 5.02 Å². The minimum Gasteiger partial charge on any atom is -0.496 e. The topological polar surface area (TPSA) is 115 Å². The highest BCUT2D eigenvalue weighted by molar-refractivity contribution is 6.36. The number of carbonyl (C=O) groups excluding carboxylic acids is 2. The van der Waals surface area contributed by atoms with E-state index in [1.54, 1.807) is 0 Å². The second-order valence-corrected chi connectivity index (χ2v) is 9.24. The van der Waals surface area contributed by atoms with E-state index in [1.807, 2.05) is 37.3 Å². The zero-order chi connectivity index (χ0) is 25.4. The SMILES string of the molecule is COc1cc(OC)c2c(c1Cl)OC1(C(=O)C=C(NC(Cc3ccccc3)c3ncn[nH]3)CC1C)C2=O. The number of methoxy groups -OCH3 is 2. The molecule has 3 aromatic rings. The molecule has 0 saturated heterocycles. The van der Waals surface area contributed by atoms with E-state index in [9.17, 15) is 9.59 Å². The van der Waals surface area contributed by atoms with Crippen LogP contribution in [-0.2, 0) is 11.2 Å². The lowest BCUT2D eigenvalue weighted by molar-refractivity contribution is -0.129. The molecule has 2 aliphatic rings. The lowest BCUT2D eigenvalue weighted by Gasteiger charge is -2.36. The number of halogens is 1. The minimum atomic E-state index is -1.72. The number of carbonyl (C=O) groups is 2. The molecule has 9 nitrogen and oxygen atoms in total. The van der Waals surface area contributed by atoms with Crippen molar-refractivity contribution in [1.82, 2.24) is 20.5 Å². The first-order valence-electron chi connectivity index (χ1n) is 11.5. The van der Waals surface area contributed by atoms with E-state index in [-0.39, 0.29) is 28.1 Å². The van der Waals surface area contributed by atoms with Gasteiger partial charge in [-0.05, 0) is 18.4 Å². The van der Waals surface area contributed by atoms with Crippen molar-refractivity contribution < 1.29 is 23.8 Å². The van der Waals surface area contributed by atoms with Crippen molar-refractivity contribution in [2.45, 2.75) is 31.4 Å². The number of nitrogens with zero attached hydrogens (tertiary/aromatic N) is 2. The summed E-state index contributed by atoms with van der Waals surface area (Å²) in [5.41, 5.74) is 0.201. The number of aromatic nitrogens is 3. The zero-order valence-corrected chi connectivity index (χ0v) is 20.8. The van der Waals surface area contributed by atoms with Crippen LogP contribution >= 0.6 is 11.6 Å². The largest absolute Gasteiger partial charge is 0.496 e. The normalized spacial score (nSPS) is 21.6. The number of nitrogens with one attached hydrogen (secondary N) is 2. The van der Waals surface area contributed by atoms with E-state index < -0.39 is 23.1 Å². The van der Waals surface area contributed by atoms with Gasteiger partial charge in [-0.15, -0.1) is 0 Å². The summed E-state index contributed by atoms with van der Waals surface area (Å²) in [6, 6.07) is 11.2. The number of benzene rings is 2. The highest BCUT2D eigenvalue weighted by Gasteiger charge is 2.60. The van der Waals surface area contributed by atoms with Crippen molar-refractivity contribution in [3.63, 3.8) is 0 Å². The molecule has 2 heterocycles. The number of rotatable bonds is 7. The summed E-state index contributed by atoms with van der Waals surface area (Å²) < 4.78 is 16.8. The highest BCUT2D eigenvalue weighted by atomic mass is 35.5. The fraction of sp³-hybridized carbons (Fsp3) is 0.308. The number of hydrogen-bond donors (Lipinski definition) is 2. The van der Waals surface area contributed by atoms with Crippen LogP contribution in [0.5, 0.6) is 17.2 Å². The monoisotopic (exact) mass is 508 g/mol. The molecule has 2 aromatic carbocycles. The van der Waals surface area contributed by atoms with Crippen LogP contribution in [0, 0.1) is 5.92 Å². The van der Waals surface area contributed by atoms with E-state index in [1.165, 1.54) is 32.7 Å². The quantitative estimate of drug-likeness (QED) is 0.462. The Bertz CT molecular complexity index is 1340. The molecule has 0 saturated carbocycles. The average Bonchev–Trinajstić information content (AvgIpc) is 3.52. The highest BCUT2D eigenvalue weighted by Crippen LogP contribution is 2.53. The maximum Gasteiger partial charge on any atom is 0.236 e. The summed E-state index contributed by atoms with van der Waals surface area (Å²) in [5.74, 6) is -0.135. The average molecular weight is 509 g/mol. The van der Waals surface area contributed by atoms with Gasteiger partial charge in [0, 0.05) is 23.8 Å². The fourth-order valence-corrected chi connectivity index (χ4v) is 5.17. The second kappa shape index (κ2) is 9.31. The standard InChI is InChI=1S/C26H25ClN4O5/c1-14-9-16(30-17(25-28-13-29-31-25)10-15-7-5-4-6-8-15)11-20(32)26(14)24(33)21-18(34-2)12-19(35-3)22(27)23(21)36-26/h4-8,11-14,17,30H,9-10H2,1-3H3,(H,28,29,31). The summed E-state index contributed by atoms with van der Waals surface area (Å²) in [6.45, 7) is 1.81. The Hall–Kier alpha value is -3.85. The van der Waals surface area contributed by atoms with Crippen molar-refractivity contribution in [2.75, 3.05) is 14.2 Å². The van der Waals surface area contributed by atoms with Crippen LogP contribution in [0.1, 0.15) is 41.1 Å². The Morgan fingerprint density at radius 2 is 1.97 bits per heavy atom. The Morgan fingerprint density at radius 3 is 2.61 bits per heavy atom. The smallest absolute Gasteiger partial charge is 0.236 e. The summed E-state index contributed by atoms with van der Waals surface area (Å²) in [4.78, 5) is 31.6. The molecular formula is C26H25ClN4O5. The number of allylic oxidation sites excluding steroid dienone is 1. The number of aromatic amines is 1. The third kappa shape index (κ3) is 3.80. The molecule has 5 rings (SSSR count). The molecule has 3 unspecified atom stereocenters. The second-order valence-electron chi connectivity index (χ2n) is 8.86. The van der Waals surface area contributed by atoms with Gasteiger partial charge in [0.2, 0.25) is 17.2 Å². The summed E-state index contributed by atoms with van der Waals surface area (Å²) in [7, 11) is 2.89.